The maximum absolute atomic E-state index is 12.9. The molecule has 0 fully saturated rings. The van der Waals surface area contributed by atoms with Crippen molar-refractivity contribution in [1.82, 2.24) is 5.32 Å². The molecule has 1 N–H and O–H groups in total. The SMILES string of the molecule is COCCOCCOCCOCCOCCOCCOCCOCCOCCOCCOCCOCCOCCOCCOCCOCCOCCOCCOCCOCCOCCOCCOCCOCCOc1ccc(-c2ccc(-c3ccc(-c4ccc(OCC(=O)NCc5ccc6ccc7cccc8ccc5c6c78)cc4)cc3)cc2)cc1. The van der Waals surface area contributed by atoms with Crippen LogP contribution in [0.4, 0.5) is 0 Å². The number of ether oxygens (including phenoxy) is 26. The molecule has 0 saturated carbocycles. The van der Waals surface area contributed by atoms with Crippen LogP contribution in [0.15, 0.2) is 152 Å². The van der Waals surface area contributed by atoms with Gasteiger partial charge in [0.2, 0.25) is 0 Å². The van der Waals surface area contributed by atoms with Crippen molar-refractivity contribution >= 4 is 38.2 Å². The van der Waals surface area contributed by atoms with Crippen LogP contribution in [-0.4, -0.2) is 337 Å². The number of benzene rings is 8. The molecule has 0 radical (unpaired) electrons. The van der Waals surface area contributed by atoms with E-state index in [4.69, 9.17) is 123 Å². The average Bonchev–Trinajstić information content (AvgIpc) is 0.741. The third-order valence-electron chi connectivity index (χ3n) is 18.1. The molecule has 8 rings (SSSR count). The summed E-state index contributed by atoms with van der Waals surface area (Å²) in [6, 6.07) is 52.3. The molecule has 28 heteroatoms. The molecule has 0 unspecified atom stereocenters. The van der Waals surface area contributed by atoms with E-state index in [1.165, 1.54) is 26.9 Å². The van der Waals surface area contributed by atoms with E-state index in [1.807, 2.05) is 36.4 Å². The number of carbonyl (C=O) groups is 1. The lowest BCUT2D eigenvalue weighted by molar-refractivity contribution is -0.123. The van der Waals surface area contributed by atoms with E-state index in [2.05, 4.69) is 121 Å². The van der Waals surface area contributed by atoms with Gasteiger partial charge in [0.15, 0.2) is 6.61 Å². The number of carbonyl (C=O) groups excluding carboxylic acids is 1. The fraction of sp³-hybridized carbons (Fsp3) is 0.554. The van der Waals surface area contributed by atoms with Crippen molar-refractivity contribution in [3.63, 3.8) is 0 Å². The molecule has 0 heterocycles. The number of hydrogen-bond acceptors (Lipinski definition) is 27. The van der Waals surface area contributed by atoms with Crippen molar-refractivity contribution in [3.05, 3.63) is 157 Å². The number of rotatable bonds is 81. The van der Waals surface area contributed by atoms with Gasteiger partial charge in [-0.1, -0.05) is 127 Å². The van der Waals surface area contributed by atoms with E-state index in [0.29, 0.717) is 329 Å². The molecule has 8 aromatic rings. The lowest BCUT2D eigenvalue weighted by Crippen LogP contribution is -2.28. The Hall–Kier alpha value is -7.09. The standard InChI is InChI=1S/C92H129NO27/c1-95-27-28-96-29-30-97-31-32-98-33-34-99-35-36-100-37-38-101-39-40-102-41-42-103-43-44-104-45-46-105-47-48-106-49-50-107-51-52-108-53-54-109-55-56-110-57-58-111-59-60-112-61-62-113-63-64-114-65-66-115-67-68-116-69-70-117-71-72-118-73-74-119-87-22-17-81(18-23-87)79-9-5-77(6-10-79)78-7-11-80(12-8-78)82-19-24-88(25-20-82)120-76-90(94)93-75-86-16-15-85-14-13-83-3-2-4-84-21-26-89(86)92(85)91(83)84/h2-26H,27-76H2,1H3,(H,93,94). The molecule has 0 spiro atoms. The summed E-state index contributed by atoms with van der Waals surface area (Å²) in [7, 11) is 1.64. The lowest BCUT2D eigenvalue weighted by Gasteiger charge is -2.14. The Balaban J connectivity index is 0.463. The van der Waals surface area contributed by atoms with E-state index in [-0.39, 0.29) is 12.5 Å². The zero-order valence-electron chi connectivity index (χ0n) is 70.3. The Labute approximate surface area is 707 Å². The van der Waals surface area contributed by atoms with Crippen LogP contribution < -0.4 is 14.8 Å². The smallest absolute Gasteiger partial charge is 0.258 e. The molecule has 0 aliphatic heterocycles. The Bertz CT molecular complexity index is 3740. The van der Waals surface area contributed by atoms with Gasteiger partial charge in [-0.15, -0.1) is 0 Å². The van der Waals surface area contributed by atoms with Gasteiger partial charge >= 0.3 is 0 Å². The summed E-state index contributed by atoms with van der Waals surface area (Å²) in [4.78, 5) is 12.9. The van der Waals surface area contributed by atoms with Gasteiger partial charge in [0.05, 0.1) is 311 Å². The Morgan fingerprint density at radius 3 is 0.683 bits per heavy atom. The maximum Gasteiger partial charge on any atom is 0.258 e. The van der Waals surface area contributed by atoms with Crippen LogP contribution in [0.2, 0.25) is 0 Å². The summed E-state index contributed by atoms with van der Waals surface area (Å²) >= 11 is 0. The fourth-order valence-electron chi connectivity index (χ4n) is 11.8. The minimum atomic E-state index is -0.172. The first-order chi connectivity index (χ1) is 59.6. The minimum absolute atomic E-state index is 0.0686. The van der Waals surface area contributed by atoms with Crippen LogP contribution in [0.5, 0.6) is 11.5 Å². The first-order valence-electron chi connectivity index (χ1n) is 42.0. The van der Waals surface area contributed by atoms with Crippen LogP contribution in [0.1, 0.15) is 5.56 Å². The molecule has 1 amide bonds. The first kappa shape index (κ1) is 98.3. The molecule has 0 atom stereocenters. The van der Waals surface area contributed by atoms with Crippen molar-refractivity contribution in [2.45, 2.75) is 6.54 Å². The Morgan fingerprint density at radius 1 is 0.217 bits per heavy atom. The number of amides is 1. The molecule has 0 saturated heterocycles. The Morgan fingerprint density at radius 2 is 0.425 bits per heavy atom. The largest absolute Gasteiger partial charge is 0.491 e. The minimum Gasteiger partial charge on any atom is -0.491 e. The first-order valence-corrected chi connectivity index (χ1v) is 42.0. The summed E-state index contributed by atoms with van der Waals surface area (Å²) in [5, 5.41) is 10.4. The molecule has 0 aromatic heterocycles. The topological polar surface area (TPSA) is 269 Å². The third-order valence-corrected chi connectivity index (χ3v) is 18.1. The predicted molar refractivity (Wildman–Crippen MR) is 456 cm³/mol. The van der Waals surface area contributed by atoms with E-state index in [1.54, 1.807) is 7.11 Å². The molecule has 28 nitrogen and oxygen atoms in total. The van der Waals surface area contributed by atoms with Gasteiger partial charge in [0.25, 0.3) is 5.91 Å². The highest BCUT2D eigenvalue weighted by atomic mass is 16.6. The van der Waals surface area contributed by atoms with Crippen LogP contribution in [0.25, 0.3) is 65.7 Å². The monoisotopic (exact) mass is 1680 g/mol. The highest BCUT2D eigenvalue weighted by molar-refractivity contribution is 6.23. The average molecular weight is 1680 g/mol. The molecule has 0 aliphatic rings. The normalized spacial score (nSPS) is 11.7. The fourth-order valence-corrected chi connectivity index (χ4v) is 11.8. The lowest BCUT2D eigenvalue weighted by atomic mass is 9.92. The second kappa shape index (κ2) is 67.4. The van der Waals surface area contributed by atoms with Crippen LogP contribution in [0, 0.1) is 0 Å². The van der Waals surface area contributed by atoms with E-state index < -0.39 is 0 Å². The van der Waals surface area contributed by atoms with Crippen molar-refractivity contribution in [3.8, 4) is 44.9 Å². The molecular formula is C92H129NO27. The van der Waals surface area contributed by atoms with Gasteiger partial charge in [-0.05, 0) is 95.5 Å². The molecule has 664 valence electrons. The number of hydrogen-bond donors (Lipinski definition) is 1. The molecule has 8 aromatic carbocycles. The van der Waals surface area contributed by atoms with Gasteiger partial charge in [0.1, 0.15) is 18.1 Å². The quantitative estimate of drug-likeness (QED) is 0.0274. The van der Waals surface area contributed by atoms with E-state index in [0.717, 1.165) is 50.1 Å². The van der Waals surface area contributed by atoms with Gasteiger partial charge in [-0.2, -0.15) is 0 Å². The molecular weight excluding hydrogens is 1550 g/mol. The maximum atomic E-state index is 12.9. The van der Waals surface area contributed by atoms with Gasteiger partial charge in [0, 0.05) is 13.7 Å². The van der Waals surface area contributed by atoms with E-state index in [9.17, 15) is 4.79 Å². The zero-order valence-corrected chi connectivity index (χ0v) is 70.3. The summed E-state index contributed by atoms with van der Waals surface area (Å²) < 4.78 is 144. The van der Waals surface area contributed by atoms with Crippen LogP contribution in [-0.2, 0) is 125 Å². The predicted octanol–water partition coefficient (Wildman–Crippen LogP) is 10.7. The van der Waals surface area contributed by atoms with Crippen molar-refractivity contribution in [2.75, 3.05) is 331 Å². The summed E-state index contributed by atoms with van der Waals surface area (Å²) in [5.74, 6) is 1.25. The molecule has 0 bridgehead atoms. The number of nitrogens with one attached hydrogen (secondary N) is 1. The highest BCUT2D eigenvalue weighted by Crippen LogP contribution is 2.36. The van der Waals surface area contributed by atoms with Gasteiger partial charge in [-0.3, -0.25) is 4.79 Å². The second-order valence-corrected chi connectivity index (χ2v) is 26.8. The zero-order chi connectivity index (χ0) is 83.4. The van der Waals surface area contributed by atoms with Crippen molar-refractivity contribution in [1.29, 1.82) is 0 Å². The Kier molecular flexibility index (Phi) is 55.2. The summed E-state index contributed by atoms with van der Waals surface area (Å²) in [6.07, 6.45) is 0. The van der Waals surface area contributed by atoms with Crippen molar-refractivity contribution < 1.29 is 128 Å². The van der Waals surface area contributed by atoms with Crippen LogP contribution in [0.3, 0.4) is 0 Å². The molecule has 120 heavy (non-hydrogen) atoms. The van der Waals surface area contributed by atoms with Crippen LogP contribution >= 0.6 is 0 Å². The van der Waals surface area contributed by atoms with Gasteiger partial charge in [-0.25, -0.2) is 0 Å². The second-order valence-electron chi connectivity index (χ2n) is 26.8. The summed E-state index contributed by atoms with van der Waals surface area (Å²) in [6.45, 7) is 23.8. The molecule has 0 aliphatic carbocycles. The summed E-state index contributed by atoms with van der Waals surface area (Å²) in [5.41, 5.74) is 7.71. The third kappa shape index (κ3) is 44.3. The number of methoxy groups -OCH3 is 1. The van der Waals surface area contributed by atoms with Gasteiger partial charge < -0.3 is 128 Å². The highest BCUT2D eigenvalue weighted by Gasteiger charge is 2.14. The van der Waals surface area contributed by atoms with E-state index >= 15 is 0 Å². The van der Waals surface area contributed by atoms with Crippen molar-refractivity contribution in [2.24, 2.45) is 0 Å².